The van der Waals surface area contributed by atoms with E-state index in [-0.39, 0.29) is 6.54 Å². The summed E-state index contributed by atoms with van der Waals surface area (Å²) in [5.74, 6) is 0. The van der Waals surface area contributed by atoms with Gasteiger partial charge in [0, 0.05) is 6.54 Å². The Kier molecular flexibility index (Phi) is 8.41. The molecule has 2 aliphatic heterocycles. The smallest absolute Gasteiger partial charge is 0.187 e. The van der Waals surface area contributed by atoms with Crippen LogP contribution in [0.1, 0.15) is 0 Å². The molecule has 0 aromatic rings. The maximum Gasteiger partial charge on any atom is 0.187 e. The van der Waals surface area contributed by atoms with Crippen molar-refractivity contribution in [3.05, 3.63) is 0 Å². The first kappa shape index (κ1) is 26.0. The first-order chi connectivity index (χ1) is 15.0. The number of hydrogen-bond acceptors (Lipinski definition) is 15. The summed E-state index contributed by atoms with van der Waals surface area (Å²) >= 11 is 0. The summed E-state index contributed by atoms with van der Waals surface area (Å²) in [4.78, 5) is 0. The van der Waals surface area contributed by atoms with E-state index in [0.29, 0.717) is 0 Å². The van der Waals surface area contributed by atoms with E-state index < -0.39 is 98.4 Å². The second-order valence-corrected chi connectivity index (χ2v) is 8.38. The predicted octanol–water partition coefficient (Wildman–Crippen LogP) is -7.68. The molecule has 32 heavy (non-hydrogen) atoms. The highest BCUT2D eigenvalue weighted by atomic mass is 16.7. The number of rotatable bonds is 6. The van der Waals surface area contributed by atoms with Crippen molar-refractivity contribution in [2.45, 2.75) is 91.7 Å². The molecule has 0 spiro atoms. The zero-order chi connectivity index (χ0) is 23.9. The fraction of sp³-hybridized carbons (Fsp3) is 1.00. The molecular weight excluding hydrogens is 436 g/mol. The van der Waals surface area contributed by atoms with Gasteiger partial charge in [-0.1, -0.05) is 0 Å². The van der Waals surface area contributed by atoms with Crippen molar-refractivity contribution < 1.29 is 54.7 Å². The predicted molar refractivity (Wildman–Crippen MR) is 103 cm³/mol. The van der Waals surface area contributed by atoms with Crippen molar-refractivity contribution in [3.63, 3.8) is 0 Å². The molecule has 15 atom stereocenters. The standard InChI is InChI=1S/C17H34N4O11/c18-1-3-8(23)11(26)7(21)16(29-3)31-14-6(20)10(25)5(19)12(27)15(14)32-17-13(28)9(24)4(2-22)30-17/h3-17,22-28H,1-2,18-21H2/t3-,4-,5-,6+,7-,8-,9-,10+,11-,12+,13-,14-,15-,16-,17+/m1/s1. The highest BCUT2D eigenvalue weighted by Crippen LogP contribution is 2.32. The van der Waals surface area contributed by atoms with Crippen LogP contribution in [0, 0.1) is 0 Å². The number of ether oxygens (including phenoxy) is 4. The van der Waals surface area contributed by atoms with Gasteiger partial charge in [0.05, 0.1) is 30.8 Å². The summed E-state index contributed by atoms with van der Waals surface area (Å²) in [6, 6.07) is -3.76. The molecule has 0 aromatic carbocycles. The van der Waals surface area contributed by atoms with Gasteiger partial charge < -0.3 is 77.6 Å². The highest BCUT2D eigenvalue weighted by molar-refractivity contribution is 5.06. The van der Waals surface area contributed by atoms with Crippen molar-refractivity contribution in [2.75, 3.05) is 13.2 Å². The fourth-order valence-corrected chi connectivity index (χ4v) is 4.17. The zero-order valence-corrected chi connectivity index (χ0v) is 17.1. The van der Waals surface area contributed by atoms with Crippen LogP contribution >= 0.6 is 0 Å². The van der Waals surface area contributed by atoms with Gasteiger partial charge in [-0.05, 0) is 0 Å². The fourth-order valence-electron chi connectivity index (χ4n) is 4.17. The third kappa shape index (κ3) is 4.65. The largest absolute Gasteiger partial charge is 0.394 e. The molecule has 0 bridgehead atoms. The molecule has 0 unspecified atom stereocenters. The first-order valence-corrected chi connectivity index (χ1v) is 10.3. The van der Waals surface area contributed by atoms with Gasteiger partial charge in [0.1, 0.15) is 54.9 Å². The SMILES string of the molecule is NC[C@H]1O[C@H](O[C@@H]2[C@@H](N)[C@@H](O)[C@@H](N)[C@H](O)[C@H]2O[C@@H]2O[C@H](CO)[C@@H](O)[C@H]2O)[C@H](N)[C@@H](O)[C@@H]1O. The molecule has 1 aliphatic carbocycles. The topological polar surface area (TPSA) is 283 Å². The number of aliphatic hydroxyl groups is 7. The molecule has 0 radical (unpaired) electrons. The minimum atomic E-state index is -1.58. The van der Waals surface area contributed by atoms with Gasteiger partial charge in [0.15, 0.2) is 12.6 Å². The number of aliphatic hydroxyl groups excluding tert-OH is 7. The second-order valence-electron chi connectivity index (χ2n) is 8.38. The molecule has 1 saturated carbocycles. The molecule has 15 N–H and O–H groups in total. The van der Waals surface area contributed by atoms with Gasteiger partial charge in [0.25, 0.3) is 0 Å². The third-order valence-electron chi connectivity index (χ3n) is 6.28. The molecule has 3 fully saturated rings. The van der Waals surface area contributed by atoms with E-state index in [1.807, 2.05) is 0 Å². The quantitative estimate of drug-likeness (QED) is 0.172. The maximum absolute atomic E-state index is 10.6. The van der Waals surface area contributed by atoms with Crippen LogP contribution in [0.25, 0.3) is 0 Å². The van der Waals surface area contributed by atoms with Crippen molar-refractivity contribution in [2.24, 2.45) is 22.9 Å². The van der Waals surface area contributed by atoms with E-state index in [9.17, 15) is 35.7 Å². The van der Waals surface area contributed by atoms with Crippen LogP contribution in [0.3, 0.4) is 0 Å². The second kappa shape index (κ2) is 10.3. The Morgan fingerprint density at radius 2 is 1.16 bits per heavy atom. The summed E-state index contributed by atoms with van der Waals surface area (Å²) in [5, 5.41) is 70.6. The Morgan fingerprint density at radius 3 is 1.72 bits per heavy atom. The molecule has 0 amide bonds. The lowest BCUT2D eigenvalue weighted by molar-refractivity contribution is -0.311. The monoisotopic (exact) mass is 470 g/mol. The number of hydrogen-bond donors (Lipinski definition) is 11. The van der Waals surface area contributed by atoms with Gasteiger partial charge in [-0.25, -0.2) is 0 Å². The van der Waals surface area contributed by atoms with Crippen LogP contribution in [0.15, 0.2) is 0 Å². The molecule has 15 nitrogen and oxygen atoms in total. The van der Waals surface area contributed by atoms with Crippen molar-refractivity contribution >= 4 is 0 Å². The molecule has 3 rings (SSSR count). The van der Waals surface area contributed by atoms with E-state index in [4.69, 9.17) is 41.9 Å². The van der Waals surface area contributed by atoms with Gasteiger partial charge >= 0.3 is 0 Å². The van der Waals surface area contributed by atoms with Crippen molar-refractivity contribution in [3.8, 4) is 0 Å². The van der Waals surface area contributed by atoms with Crippen LogP contribution in [0.2, 0.25) is 0 Å². The minimum absolute atomic E-state index is 0.167. The summed E-state index contributed by atoms with van der Waals surface area (Å²) < 4.78 is 22.2. The van der Waals surface area contributed by atoms with Crippen LogP contribution in [0.4, 0.5) is 0 Å². The van der Waals surface area contributed by atoms with E-state index in [1.165, 1.54) is 0 Å². The first-order valence-electron chi connectivity index (χ1n) is 10.3. The Morgan fingerprint density at radius 1 is 0.594 bits per heavy atom. The molecule has 0 aromatic heterocycles. The Bertz CT molecular complexity index is 621. The van der Waals surface area contributed by atoms with Crippen molar-refractivity contribution in [1.82, 2.24) is 0 Å². The van der Waals surface area contributed by atoms with Gasteiger partial charge in [-0.2, -0.15) is 0 Å². The van der Waals surface area contributed by atoms with Gasteiger partial charge in [-0.3, -0.25) is 0 Å². The molecule has 2 heterocycles. The summed E-state index contributed by atoms with van der Waals surface area (Å²) in [5.41, 5.74) is 23.4. The third-order valence-corrected chi connectivity index (χ3v) is 6.28. The molecule has 3 aliphatic rings. The van der Waals surface area contributed by atoms with Crippen LogP contribution in [0.5, 0.6) is 0 Å². The average molecular weight is 470 g/mol. The van der Waals surface area contributed by atoms with Gasteiger partial charge in [-0.15, -0.1) is 0 Å². The van der Waals surface area contributed by atoms with E-state index in [0.717, 1.165) is 0 Å². The Labute approximate surface area is 183 Å². The van der Waals surface area contributed by atoms with E-state index in [1.54, 1.807) is 0 Å². The van der Waals surface area contributed by atoms with E-state index >= 15 is 0 Å². The summed E-state index contributed by atoms with van der Waals surface area (Å²) in [6.45, 7) is -0.769. The molecular formula is C17H34N4O11. The lowest BCUT2D eigenvalue weighted by Gasteiger charge is -2.48. The maximum atomic E-state index is 10.6. The van der Waals surface area contributed by atoms with E-state index in [2.05, 4.69) is 0 Å². The lowest BCUT2D eigenvalue weighted by atomic mass is 9.82. The molecule has 15 heteroatoms. The molecule has 2 saturated heterocycles. The van der Waals surface area contributed by atoms with Crippen LogP contribution in [-0.2, 0) is 18.9 Å². The highest BCUT2D eigenvalue weighted by Gasteiger charge is 2.54. The van der Waals surface area contributed by atoms with Crippen LogP contribution < -0.4 is 22.9 Å². The number of nitrogens with two attached hydrogens (primary N) is 4. The minimum Gasteiger partial charge on any atom is -0.394 e. The summed E-state index contributed by atoms with van der Waals surface area (Å²) in [6.07, 6.45) is -16.7. The van der Waals surface area contributed by atoms with Crippen molar-refractivity contribution in [1.29, 1.82) is 0 Å². The lowest BCUT2D eigenvalue weighted by Crippen LogP contribution is -2.72. The summed E-state index contributed by atoms with van der Waals surface area (Å²) in [7, 11) is 0. The molecule has 188 valence electrons. The Hall–Kier alpha value is -0.600. The van der Waals surface area contributed by atoms with Crippen LogP contribution in [-0.4, -0.2) is 141 Å². The Balaban J connectivity index is 1.82. The average Bonchev–Trinajstić information content (AvgIpc) is 3.06. The normalized spacial score (nSPS) is 54.7. The van der Waals surface area contributed by atoms with Gasteiger partial charge in [0.2, 0.25) is 0 Å². The zero-order valence-electron chi connectivity index (χ0n) is 17.1.